The second kappa shape index (κ2) is 4.50. The average molecular weight is 252 g/mol. The van der Waals surface area contributed by atoms with Gasteiger partial charge in [0, 0.05) is 18.4 Å². The summed E-state index contributed by atoms with van der Waals surface area (Å²) in [4.78, 5) is 3.98. The number of aromatic nitrogens is 1. The van der Waals surface area contributed by atoms with Crippen LogP contribution < -0.4 is 5.73 Å². The van der Waals surface area contributed by atoms with Crippen LogP contribution in [0, 0.1) is 5.41 Å². The van der Waals surface area contributed by atoms with Crippen molar-refractivity contribution in [2.45, 2.75) is 32.3 Å². The minimum absolute atomic E-state index is 0.0454. The van der Waals surface area contributed by atoms with Crippen molar-refractivity contribution in [3.05, 3.63) is 23.9 Å². The summed E-state index contributed by atoms with van der Waals surface area (Å²) in [7, 11) is 0. The molecule has 1 saturated heterocycles. The molecule has 0 bridgehead atoms. The van der Waals surface area contributed by atoms with Gasteiger partial charge in [-0.15, -0.1) is 0 Å². The third-order valence-corrected chi connectivity index (χ3v) is 4.99. The third kappa shape index (κ3) is 2.58. The quantitative estimate of drug-likeness (QED) is 0.846. The predicted octanol–water partition coefficient (Wildman–Crippen LogP) is 2.10. The Morgan fingerprint density at radius 3 is 2.94 bits per heavy atom. The number of nitrogens with zero attached hydrogens (tertiary/aromatic N) is 1. The maximum absolute atomic E-state index is 10.9. The molecule has 3 nitrogen and oxygen atoms in total. The zero-order valence-electron chi connectivity index (χ0n) is 10.4. The van der Waals surface area contributed by atoms with E-state index in [-0.39, 0.29) is 5.41 Å². The molecular weight excluding hydrogens is 232 g/mol. The molecule has 1 aliphatic heterocycles. The summed E-state index contributed by atoms with van der Waals surface area (Å²) in [6, 6.07) is 3.79. The summed E-state index contributed by atoms with van der Waals surface area (Å²) >= 11 is 1.83. The van der Waals surface area contributed by atoms with Crippen molar-refractivity contribution in [1.29, 1.82) is 0 Å². The first-order chi connectivity index (χ1) is 7.93. The summed E-state index contributed by atoms with van der Waals surface area (Å²) in [6.45, 7) is 4.30. The van der Waals surface area contributed by atoms with E-state index in [1.807, 2.05) is 23.9 Å². The fourth-order valence-electron chi connectivity index (χ4n) is 2.23. The lowest BCUT2D eigenvalue weighted by Crippen LogP contribution is -2.51. The highest BCUT2D eigenvalue weighted by atomic mass is 32.2. The van der Waals surface area contributed by atoms with E-state index in [0.29, 0.717) is 12.2 Å². The van der Waals surface area contributed by atoms with E-state index in [4.69, 9.17) is 5.73 Å². The zero-order chi connectivity index (χ0) is 12.5. The lowest BCUT2D eigenvalue weighted by atomic mass is 9.70. The van der Waals surface area contributed by atoms with Crippen molar-refractivity contribution in [1.82, 2.24) is 4.98 Å². The molecule has 0 saturated carbocycles. The second-order valence-corrected chi connectivity index (χ2v) is 6.59. The van der Waals surface area contributed by atoms with Crippen LogP contribution in [-0.4, -0.2) is 27.2 Å². The number of rotatable bonds is 2. The Labute approximate surface area is 107 Å². The molecule has 2 heterocycles. The average Bonchev–Trinajstić information content (AvgIpc) is 2.23. The molecule has 0 spiro atoms. The molecule has 1 aromatic rings. The molecule has 3 N–H and O–H groups in total. The van der Waals surface area contributed by atoms with Crippen LogP contribution in [0.25, 0.3) is 0 Å². The smallest absolute Gasteiger partial charge is 0.123 e. The molecule has 2 rings (SSSR count). The van der Waals surface area contributed by atoms with Crippen molar-refractivity contribution in [3.63, 3.8) is 0 Å². The Hall–Kier alpha value is -0.740. The molecule has 4 heteroatoms. The molecule has 1 fully saturated rings. The Kier molecular flexibility index (Phi) is 3.36. The van der Waals surface area contributed by atoms with Crippen molar-refractivity contribution in [2.75, 3.05) is 17.2 Å². The van der Waals surface area contributed by atoms with Gasteiger partial charge in [-0.25, -0.2) is 4.98 Å². The van der Waals surface area contributed by atoms with E-state index < -0.39 is 5.60 Å². The predicted molar refractivity (Wildman–Crippen MR) is 73.0 cm³/mol. The maximum Gasteiger partial charge on any atom is 0.123 e. The lowest BCUT2D eigenvalue weighted by molar-refractivity contribution is -0.0512. The Bertz CT molecular complexity index is 408. The van der Waals surface area contributed by atoms with Crippen molar-refractivity contribution < 1.29 is 5.11 Å². The number of aliphatic hydroxyl groups is 1. The summed E-state index contributed by atoms with van der Waals surface area (Å²) in [5, 5.41) is 10.9. The first-order valence-corrected chi connectivity index (χ1v) is 7.09. The topological polar surface area (TPSA) is 59.1 Å². The van der Waals surface area contributed by atoms with Gasteiger partial charge in [0.05, 0.1) is 5.60 Å². The molecule has 1 aromatic heterocycles. The standard InChI is InChI=1S/C13H20N2OS/c1-12(2)4-6-17-9-13(12,16)8-10-3-5-15-11(14)7-10/h3,5,7,16H,4,6,8-9H2,1-2H3,(H2,14,15). The monoisotopic (exact) mass is 252 g/mol. The first-order valence-electron chi connectivity index (χ1n) is 5.94. The van der Waals surface area contributed by atoms with Crippen molar-refractivity contribution >= 4 is 17.6 Å². The molecule has 0 amide bonds. The molecule has 0 aliphatic carbocycles. The Morgan fingerprint density at radius 1 is 1.53 bits per heavy atom. The van der Waals surface area contributed by atoms with Crippen LogP contribution in [0.1, 0.15) is 25.8 Å². The van der Waals surface area contributed by atoms with E-state index >= 15 is 0 Å². The number of nitrogen functional groups attached to an aromatic ring is 1. The molecular formula is C13H20N2OS. The number of hydrogen-bond acceptors (Lipinski definition) is 4. The van der Waals surface area contributed by atoms with Gasteiger partial charge < -0.3 is 10.8 Å². The molecule has 94 valence electrons. The largest absolute Gasteiger partial charge is 0.388 e. The number of nitrogens with two attached hydrogens (primary N) is 1. The van der Waals surface area contributed by atoms with Gasteiger partial charge in [-0.3, -0.25) is 0 Å². The minimum atomic E-state index is -0.649. The van der Waals surface area contributed by atoms with Crippen molar-refractivity contribution in [2.24, 2.45) is 5.41 Å². The highest BCUT2D eigenvalue weighted by Crippen LogP contribution is 2.44. The van der Waals surface area contributed by atoms with Crippen LogP contribution in [0.2, 0.25) is 0 Å². The first kappa shape index (κ1) is 12.7. The van der Waals surface area contributed by atoms with E-state index in [1.165, 1.54) is 0 Å². The summed E-state index contributed by atoms with van der Waals surface area (Å²) in [5.74, 6) is 2.45. The molecule has 1 aliphatic rings. The van der Waals surface area contributed by atoms with Gasteiger partial charge in [-0.2, -0.15) is 11.8 Å². The van der Waals surface area contributed by atoms with Crippen LogP contribution in [0.3, 0.4) is 0 Å². The normalized spacial score (nSPS) is 27.9. The molecule has 0 radical (unpaired) electrons. The van der Waals surface area contributed by atoms with E-state index in [9.17, 15) is 5.11 Å². The molecule has 17 heavy (non-hydrogen) atoms. The highest BCUT2D eigenvalue weighted by molar-refractivity contribution is 7.99. The maximum atomic E-state index is 10.9. The van der Waals surface area contributed by atoms with Gasteiger partial charge in [0.1, 0.15) is 5.82 Å². The highest BCUT2D eigenvalue weighted by Gasteiger charge is 2.45. The summed E-state index contributed by atoms with van der Waals surface area (Å²) in [6.07, 6.45) is 3.41. The van der Waals surface area contributed by atoms with Crippen LogP contribution in [0.5, 0.6) is 0 Å². The van der Waals surface area contributed by atoms with Gasteiger partial charge in [-0.05, 0) is 35.3 Å². The lowest BCUT2D eigenvalue weighted by Gasteiger charge is -2.46. The van der Waals surface area contributed by atoms with Crippen LogP contribution in [-0.2, 0) is 6.42 Å². The van der Waals surface area contributed by atoms with Gasteiger partial charge in [0.2, 0.25) is 0 Å². The van der Waals surface area contributed by atoms with Gasteiger partial charge >= 0.3 is 0 Å². The van der Waals surface area contributed by atoms with Crippen LogP contribution in [0.4, 0.5) is 5.82 Å². The number of thioether (sulfide) groups is 1. The van der Waals surface area contributed by atoms with Crippen molar-refractivity contribution in [3.8, 4) is 0 Å². The number of pyridine rings is 1. The fourth-order valence-corrected chi connectivity index (χ4v) is 3.86. The Balaban J connectivity index is 2.21. The SMILES string of the molecule is CC1(C)CCSCC1(O)Cc1ccnc(N)c1. The number of anilines is 1. The third-order valence-electron chi connectivity index (χ3n) is 3.81. The summed E-state index contributed by atoms with van der Waals surface area (Å²) in [5.41, 5.74) is 6.05. The van der Waals surface area contributed by atoms with E-state index in [2.05, 4.69) is 18.8 Å². The van der Waals surface area contributed by atoms with Crippen LogP contribution in [0.15, 0.2) is 18.3 Å². The fraction of sp³-hybridized carbons (Fsp3) is 0.615. The second-order valence-electron chi connectivity index (χ2n) is 5.48. The van der Waals surface area contributed by atoms with Gasteiger partial charge in [0.15, 0.2) is 0 Å². The van der Waals surface area contributed by atoms with Crippen LogP contribution >= 0.6 is 11.8 Å². The summed E-state index contributed by atoms with van der Waals surface area (Å²) < 4.78 is 0. The molecule has 1 atom stereocenters. The van der Waals surface area contributed by atoms with E-state index in [0.717, 1.165) is 23.5 Å². The van der Waals surface area contributed by atoms with E-state index in [1.54, 1.807) is 6.20 Å². The number of hydrogen-bond donors (Lipinski definition) is 2. The Morgan fingerprint density at radius 2 is 2.29 bits per heavy atom. The minimum Gasteiger partial charge on any atom is -0.388 e. The molecule has 1 unspecified atom stereocenters. The van der Waals surface area contributed by atoms with Gasteiger partial charge in [-0.1, -0.05) is 13.8 Å². The van der Waals surface area contributed by atoms with Gasteiger partial charge in [0.25, 0.3) is 0 Å². The zero-order valence-corrected chi connectivity index (χ0v) is 11.3. The molecule has 0 aromatic carbocycles.